The summed E-state index contributed by atoms with van der Waals surface area (Å²) in [6, 6.07) is 0.745. The van der Waals surface area contributed by atoms with Crippen molar-refractivity contribution in [3.63, 3.8) is 0 Å². The molecule has 2 heteroatoms. The predicted octanol–water partition coefficient (Wildman–Crippen LogP) is 3.38. The maximum absolute atomic E-state index is 3.39. The molecule has 1 N–H and O–H groups in total. The second kappa shape index (κ2) is 6.91. The summed E-state index contributed by atoms with van der Waals surface area (Å²) in [5.74, 6) is 1.70. The molecule has 0 aromatic carbocycles. The lowest BCUT2D eigenvalue weighted by atomic mass is 9.80. The van der Waals surface area contributed by atoms with Crippen molar-refractivity contribution in [2.24, 2.45) is 17.3 Å². The summed E-state index contributed by atoms with van der Waals surface area (Å²) in [7, 11) is 2.08. The van der Waals surface area contributed by atoms with Crippen LogP contribution in [0.2, 0.25) is 0 Å². The summed E-state index contributed by atoms with van der Waals surface area (Å²) in [6.45, 7) is 15.7. The maximum atomic E-state index is 3.39. The van der Waals surface area contributed by atoms with Crippen molar-refractivity contribution in [2.45, 2.75) is 59.9 Å². The van der Waals surface area contributed by atoms with E-state index in [-0.39, 0.29) is 0 Å². The average Bonchev–Trinajstić information content (AvgIpc) is 2.25. The zero-order valence-corrected chi connectivity index (χ0v) is 13.4. The molecule has 0 spiro atoms. The number of piperidine rings is 1. The zero-order chi connectivity index (χ0) is 13.8. The Labute approximate surface area is 115 Å². The van der Waals surface area contributed by atoms with Crippen molar-refractivity contribution >= 4 is 0 Å². The second-order valence-electron chi connectivity index (χ2n) is 7.08. The Balaban J connectivity index is 2.66. The third-order valence-corrected chi connectivity index (χ3v) is 4.76. The number of hydrogen-bond acceptors (Lipinski definition) is 2. The van der Waals surface area contributed by atoms with Gasteiger partial charge in [0.25, 0.3) is 0 Å². The zero-order valence-electron chi connectivity index (χ0n) is 13.4. The molecule has 108 valence electrons. The molecular formula is C16H34N2. The van der Waals surface area contributed by atoms with Gasteiger partial charge in [-0.2, -0.15) is 0 Å². The lowest BCUT2D eigenvalue weighted by Crippen LogP contribution is -2.51. The van der Waals surface area contributed by atoms with Gasteiger partial charge in [0.1, 0.15) is 0 Å². The molecule has 4 atom stereocenters. The van der Waals surface area contributed by atoms with Crippen LogP contribution in [-0.4, -0.2) is 37.6 Å². The molecule has 1 aliphatic heterocycles. The Hall–Kier alpha value is -0.0800. The van der Waals surface area contributed by atoms with Crippen LogP contribution in [-0.2, 0) is 0 Å². The molecule has 4 unspecified atom stereocenters. The first-order chi connectivity index (χ1) is 8.41. The van der Waals surface area contributed by atoms with Crippen molar-refractivity contribution in [3.05, 3.63) is 0 Å². The molecule has 0 amide bonds. The van der Waals surface area contributed by atoms with Gasteiger partial charge in [-0.3, -0.25) is 4.90 Å². The summed E-state index contributed by atoms with van der Waals surface area (Å²) in [5, 5.41) is 3.39. The molecule has 1 heterocycles. The first-order valence-electron chi connectivity index (χ1n) is 7.80. The van der Waals surface area contributed by atoms with Crippen LogP contribution < -0.4 is 5.32 Å². The van der Waals surface area contributed by atoms with E-state index in [1.54, 1.807) is 0 Å². The monoisotopic (exact) mass is 254 g/mol. The molecule has 0 aromatic heterocycles. The quantitative estimate of drug-likeness (QED) is 0.782. The maximum Gasteiger partial charge on any atom is 0.00930 e. The largest absolute Gasteiger partial charge is 0.319 e. The van der Waals surface area contributed by atoms with E-state index in [1.165, 1.54) is 32.4 Å². The van der Waals surface area contributed by atoms with E-state index in [4.69, 9.17) is 0 Å². The van der Waals surface area contributed by atoms with Gasteiger partial charge >= 0.3 is 0 Å². The van der Waals surface area contributed by atoms with Gasteiger partial charge in [-0.05, 0) is 44.1 Å². The molecule has 1 fully saturated rings. The third kappa shape index (κ3) is 4.24. The van der Waals surface area contributed by atoms with E-state index in [0.29, 0.717) is 5.41 Å². The fourth-order valence-electron chi connectivity index (χ4n) is 3.79. The van der Waals surface area contributed by atoms with Crippen molar-refractivity contribution in [3.8, 4) is 0 Å². The highest BCUT2D eigenvalue weighted by Gasteiger charge is 2.33. The van der Waals surface area contributed by atoms with Crippen LogP contribution >= 0.6 is 0 Å². The summed E-state index contributed by atoms with van der Waals surface area (Å²) in [5.41, 5.74) is 0.425. The minimum atomic E-state index is 0.425. The number of nitrogens with one attached hydrogen (secondary N) is 1. The van der Waals surface area contributed by atoms with Crippen LogP contribution in [0, 0.1) is 17.3 Å². The first kappa shape index (κ1) is 16.0. The van der Waals surface area contributed by atoms with Crippen LogP contribution in [0.1, 0.15) is 53.9 Å². The number of likely N-dealkylation sites (tertiary alicyclic amines) is 1. The smallest absolute Gasteiger partial charge is 0.00930 e. The minimum absolute atomic E-state index is 0.425. The van der Waals surface area contributed by atoms with Crippen LogP contribution in [0.15, 0.2) is 0 Å². The van der Waals surface area contributed by atoms with Gasteiger partial charge in [-0.15, -0.1) is 0 Å². The minimum Gasteiger partial charge on any atom is -0.319 e. The van der Waals surface area contributed by atoms with Gasteiger partial charge in [-0.1, -0.05) is 34.1 Å². The molecule has 1 rings (SSSR count). The van der Waals surface area contributed by atoms with Gasteiger partial charge in [0, 0.05) is 25.7 Å². The number of hydrogen-bond donors (Lipinski definition) is 1. The molecule has 1 aliphatic rings. The summed E-state index contributed by atoms with van der Waals surface area (Å²) >= 11 is 0. The van der Waals surface area contributed by atoms with Crippen LogP contribution in [0.25, 0.3) is 0 Å². The van der Waals surface area contributed by atoms with Gasteiger partial charge < -0.3 is 5.32 Å². The second-order valence-corrected chi connectivity index (χ2v) is 7.08. The Kier molecular flexibility index (Phi) is 6.13. The predicted molar refractivity (Wildman–Crippen MR) is 80.9 cm³/mol. The van der Waals surface area contributed by atoms with E-state index in [1.807, 2.05) is 0 Å². The normalized spacial score (nSPS) is 33.3. The van der Waals surface area contributed by atoms with Gasteiger partial charge in [0.2, 0.25) is 0 Å². The van der Waals surface area contributed by atoms with E-state index in [9.17, 15) is 0 Å². The summed E-state index contributed by atoms with van der Waals surface area (Å²) in [4.78, 5) is 2.74. The highest BCUT2D eigenvalue weighted by atomic mass is 15.2. The lowest BCUT2D eigenvalue weighted by Gasteiger charge is -2.45. The molecule has 0 saturated carbocycles. The van der Waals surface area contributed by atoms with Crippen LogP contribution in [0.3, 0.4) is 0 Å². The molecule has 0 aromatic rings. The molecule has 2 nitrogen and oxygen atoms in total. The van der Waals surface area contributed by atoms with Crippen LogP contribution in [0.5, 0.6) is 0 Å². The average molecular weight is 254 g/mol. The van der Waals surface area contributed by atoms with Crippen molar-refractivity contribution in [1.82, 2.24) is 10.2 Å². The Morgan fingerprint density at radius 2 is 1.94 bits per heavy atom. The van der Waals surface area contributed by atoms with E-state index >= 15 is 0 Å². The highest BCUT2D eigenvalue weighted by molar-refractivity contribution is 4.87. The standard InChI is InChI=1S/C16H34N2/c1-7-8-16(5,11-17-6)12-18-10-13(2)9-14(3)15(18)4/h13-15,17H,7-12H2,1-6H3. The fourth-order valence-corrected chi connectivity index (χ4v) is 3.79. The SMILES string of the molecule is CCCC(C)(CNC)CN1CC(C)CC(C)C1C. The van der Waals surface area contributed by atoms with E-state index in [0.717, 1.165) is 24.4 Å². The van der Waals surface area contributed by atoms with Gasteiger partial charge in [-0.25, -0.2) is 0 Å². The first-order valence-corrected chi connectivity index (χ1v) is 7.80. The third-order valence-electron chi connectivity index (χ3n) is 4.76. The molecular weight excluding hydrogens is 220 g/mol. The van der Waals surface area contributed by atoms with Crippen molar-refractivity contribution in [1.29, 1.82) is 0 Å². The Morgan fingerprint density at radius 1 is 1.28 bits per heavy atom. The fraction of sp³-hybridized carbons (Fsp3) is 1.00. The Morgan fingerprint density at radius 3 is 2.50 bits per heavy atom. The van der Waals surface area contributed by atoms with Crippen molar-refractivity contribution < 1.29 is 0 Å². The molecule has 18 heavy (non-hydrogen) atoms. The molecule has 0 radical (unpaired) electrons. The Bertz CT molecular complexity index is 233. The topological polar surface area (TPSA) is 15.3 Å². The van der Waals surface area contributed by atoms with E-state index in [2.05, 4.69) is 51.9 Å². The summed E-state index contributed by atoms with van der Waals surface area (Å²) < 4.78 is 0. The molecule has 0 aliphatic carbocycles. The van der Waals surface area contributed by atoms with Gasteiger partial charge in [0.15, 0.2) is 0 Å². The number of rotatable bonds is 6. The van der Waals surface area contributed by atoms with Crippen molar-refractivity contribution in [2.75, 3.05) is 26.7 Å². The highest BCUT2D eigenvalue weighted by Crippen LogP contribution is 2.31. The van der Waals surface area contributed by atoms with E-state index < -0.39 is 0 Å². The molecule has 0 bridgehead atoms. The number of nitrogens with zero attached hydrogens (tertiary/aromatic N) is 1. The molecule has 1 saturated heterocycles. The lowest BCUT2D eigenvalue weighted by molar-refractivity contribution is 0.0384. The van der Waals surface area contributed by atoms with Crippen LogP contribution in [0.4, 0.5) is 0 Å². The van der Waals surface area contributed by atoms with Gasteiger partial charge in [0.05, 0.1) is 0 Å². The summed E-state index contributed by atoms with van der Waals surface area (Å²) in [6.07, 6.45) is 4.00.